The molecular formula is C22H26FN3O6. The fourth-order valence-electron chi connectivity index (χ4n) is 3.97. The van der Waals surface area contributed by atoms with E-state index in [0.717, 1.165) is 5.56 Å². The van der Waals surface area contributed by atoms with Crippen molar-refractivity contribution in [3.8, 4) is 17.2 Å². The van der Waals surface area contributed by atoms with E-state index in [-0.39, 0.29) is 34.7 Å². The van der Waals surface area contributed by atoms with E-state index in [0.29, 0.717) is 26.2 Å². The number of amides is 1. The van der Waals surface area contributed by atoms with Crippen LogP contribution in [0.25, 0.3) is 0 Å². The molecular weight excluding hydrogens is 421 g/mol. The summed E-state index contributed by atoms with van der Waals surface area (Å²) in [7, 11) is 4.00. The maximum Gasteiger partial charge on any atom is 0.327 e. The minimum atomic E-state index is -0.649. The van der Waals surface area contributed by atoms with Crippen LogP contribution in [0.15, 0.2) is 30.3 Å². The Balaban J connectivity index is 1.86. The van der Waals surface area contributed by atoms with Crippen LogP contribution in [-0.4, -0.2) is 67.6 Å². The van der Waals surface area contributed by atoms with E-state index >= 15 is 0 Å². The molecule has 1 atom stereocenters. The molecule has 1 aliphatic rings. The number of methoxy groups -OCH3 is 3. The molecule has 1 unspecified atom stereocenters. The second-order valence-corrected chi connectivity index (χ2v) is 7.51. The third kappa shape index (κ3) is 4.59. The van der Waals surface area contributed by atoms with Crippen LogP contribution in [0.3, 0.4) is 0 Å². The fraction of sp³-hybridized carbons (Fsp3) is 0.409. The first-order valence-corrected chi connectivity index (χ1v) is 10.1. The summed E-state index contributed by atoms with van der Waals surface area (Å²) < 4.78 is 28.9. The van der Waals surface area contributed by atoms with E-state index in [1.807, 2.05) is 6.92 Å². The minimum Gasteiger partial charge on any atom is -0.493 e. The normalized spacial score (nSPS) is 16.5. The molecule has 1 amide bonds. The van der Waals surface area contributed by atoms with Crippen molar-refractivity contribution in [3.63, 3.8) is 0 Å². The first kappa shape index (κ1) is 23.3. The first-order valence-electron chi connectivity index (χ1n) is 10.1. The lowest BCUT2D eigenvalue weighted by Gasteiger charge is -2.40. The molecule has 0 saturated carbocycles. The Morgan fingerprint density at radius 3 is 2.31 bits per heavy atom. The van der Waals surface area contributed by atoms with Gasteiger partial charge in [0.25, 0.3) is 5.91 Å². The van der Waals surface area contributed by atoms with Crippen molar-refractivity contribution < 1.29 is 28.3 Å². The standard InChI is InChI=1S/C22H26FN3O6/c1-14-12-24(13-15-5-7-16(23)8-6-15)9-10-25(14)22(27)17-11-18(30-2)20(31-3)21(32-4)19(17)26(28)29/h5-8,11,14H,9-10,12-13H2,1-4H3. The van der Waals surface area contributed by atoms with Crippen LogP contribution in [0.4, 0.5) is 10.1 Å². The van der Waals surface area contributed by atoms with Crippen molar-refractivity contribution >= 4 is 11.6 Å². The van der Waals surface area contributed by atoms with Gasteiger partial charge in [0.1, 0.15) is 11.4 Å². The molecule has 2 aromatic rings. The van der Waals surface area contributed by atoms with Crippen molar-refractivity contribution in [1.29, 1.82) is 0 Å². The quantitative estimate of drug-likeness (QED) is 0.475. The zero-order valence-electron chi connectivity index (χ0n) is 18.5. The largest absolute Gasteiger partial charge is 0.493 e. The highest BCUT2D eigenvalue weighted by molar-refractivity contribution is 6.01. The van der Waals surface area contributed by atoms with Gasteiger partial charge in [0.2, 0.25) is 11.5 Å². The van der Waals surface area contributed by atoms with Crippen LogP contribution < -0.4 is 14.2 Å². The number of piperazine rings is 1. The molecule has 1 aliphatic heterocycles. The number of ether oxygens (including phenoxy) is 3. The summed E-state index contributed by atoms with van der Waals surface area (Å²) in [6, 6.07) is 7.42. The maximum absolute atomic E-state index is 13.4. The first-order chi connectivity index (χ1) is 15.3. The van der Waals surface area contributed by atoms with Crippen molar-refractivity contribution in [2.45, 2.75) is 19.5 Å². The summed E-state index contributed by atoms with van der Waals surface area (Å²) >= 11 is 0. The molecule has 1 heterocycles. The topological polar surface area (TPSA) is 94.4 Å². The number of halogens is 1. The van der Waals surface area contributed by atoms with Gasteiger partial charge < -0.3 is 19.1 Å². The van der Waals surface area contributed by atoms with Gasteiger partial charge in [-0.15, -0.1) is 0 Å². The summed E-state index contributed by atoms with van der Waals surface area (Å²) in [6.07, 6.45) is 0. The number of hydrogen-bond donors (Lipinski definition) is 0. The third-order valence-electron chi connectivity index (χ3n) is 5.51. The van der Waals surface area contributed by atoms with Crippen LogP contribution in [0.5, 0.6) is 17.2 Å². The lowest BCUT2D eigenvalue weighted by molar-refractivity contribution is -0.386. The van der Waals surface area contributed by atoms with Gasteiger partial charge in [0.05, 0.1) is 26.3 Å². The minimum absolute atomic E-state index is 0.0513. The Morgan fingerprint density at radius 1 is 1.12 bits per heavy atom. The summed E-state index contributed by atoms with van der Waals surface area (Å²) in [5.41, 5.74) is 0.387. The molecule has 0 aromatic heterocycles. The average Bonchev–Trinajstić information content (AvgIpc) is 2.78. The van der Waals surface area contributed by atoms with E-state index in [2.05, 4.69) is 4.90 Å². The van der Waals surface area contributed by atoms with E-state index in [1.54, 1.807) is 17.0 Å². The molecule has 0 spiro atoms. The Bertz CT molecular complexity index is 998. The molecule has 1 fully saturated rings. The number of carbonyl (C=O) groups is 1. The SMILES string of the molecule is COc1cc(C(=O)N2CCN(Cc3ccc(F)cc3)CC2C)c([N+](=O)[O-])c(OC)c1OC. The van der Waals surface area contributed by atoms with Crippen molar-refractivity contribution in [2.75, 3.05) is 41.0 Å². The molecule has 0 N–H and O–H groups in total. The lowest BCUT2D eigenvalue weighted by Crippen LogP contribution is -2.53. The predicted molar refractivity (Wildman–Crippen MR) is 115 cm³/mol. The van der Waals surface area contributed by atoms with E-state index in [4.69, 9.17) is 14.2 Å². The number of benzene rings is 2. The summed E-state index contributed by atoms with van der Waals surface area (Å²) in [6.45, 7) is 4.04. The summed E-state index contributed by atoms with van der Waals surface area (Å²) in [5, 5.41) is 11.8. The summed E-state index contributed by atoms with van der Waals surface area (Å²) in [4.78, 5) is 28.3. The number of nitrogens with zero attached hydrogens (tertiary/aromatic N) is 3. The van der Waals surface area contributed by atoms with Crippen LogP contribution in [0, 0.1) is 15.9 Å². The van der Waals surface area contributed by atoms with Crippen LogP contribution >= 0.6 is 0 Å². The summed E-state index contributed by atoms with van der Waals surface area (Å²) in [5.74, 6) is -0.714. The van der Waals surface area contributed by atoms with Gasteiger partial charge in [-0.25, -0.2) is 4.39 Å². The number of hydrogen-bond acceptors (Lipinski definition) is 7. The molecule has 0 bridgehead atoms. The van der Waals surface area contributed by atoms with E-state index in [9.17, 15) is 19.3 Å². The molecule has 0 aliphatic carbocycles. The molecule has 9 nitrogen and oxygen atoms in total. The van der Waals surface area contributed by atoms with Gasteiger partial charge in [-0.2, -0.15) is 0 Å². The number of rotatable bonds is 7. The van der Waals surface area contributed by atoms with Gasteiger partial charge >= 0.3 is 5.69 Å². The third-order valence-corrected chi connectivity index (χ3v) is 5.51. The molecule has 10 heteroatoms. The van der Waals surface area contributed by atoms with Crippen molar-refractivity contribution in [1.82, 2.24) is 9.80 Å². The van der Waals surface area contributed by atoms with Crippen LogP contribution in [0.1, 0.15) is 22.8 Å². The Labute approximate surface area is 185 Å². The predicted octanol–water partition coefficient (Wildman–Crippen LogP) is 3.11. The highest BCUT2D eigenvalue weighted by Crippen LogP contribution is 2.46. The van der Waals surface area contributed by atoms with E-state index in [1.165, 1.54) is 39.5 Å². The van der Waals surface area contributed by atoms with Crippen molar-refractivity contribution in [3.05, 3.63) is 57.4 Å². The van der Waals surface area contributed by atoms with E-state index < -0.39 is 16.5 Å². The molecule has 2 aromatic carbocycles. The number of carbonyl (C=O) groups excluding carboxylic acids is 1. The molecule has 1 saturated heterocycles. The number of nitro groups is 1. The smallest absolute Gasteiger partial charge is 0.327 e. The Morgan fingerprint density at radius 2 is 1.78 bits per heavy atom. The monoisotopic (exact) mass is 447 g/mol. The second-order valence-electron chi connectivity index (χ2n) is 7.51. The number of nitro benzene ring substituents is 1. The second kappa shape index (κ2) is 9.82. The highest BCUT2D eigenvalue weighted by Gasteiger charge is 2.37. The fourth-order valence-corrected chi connectivity index (χ4v) is 3.97. The zero-order valence-corrected chi connectivity index (χ0v) is 18.5. The highest BCUT2D eigenvalue weighted by atomic mass is 19.1. The molecule has 3 rings (SSSR count). The van der Waals surface area contributed by atoms with Gasteiger partial charge in [0.15, 0.2) is 5.75 Å². The maximum atomic E-state index is 13.4. The zero-order chi connectivity index (χ0) is 23.4. The Hall–Kier alpha value is -3.40. The van der Waals surface area contributed by atoms with Gasteiger partial charge in [-0.3, -0.25) is 19.8 Å². The molecule has 0 radical (unpaired) electrons. The van der Waals surface area contributed by atoms with Gasteiger partial charge in [-0.1, -0.05) is 12.1 Å². The molecule has 32 heavy (non-hydrogen) atoms. The lowest BCUT2D eigenvalue weighted by atomic mass is 10.1. The van der Waals surface area contributed by atoms with Crippen LogP contribution in [0.2, 0.25) is 0 Å². The van der Waals surface area contributed by atoms with Gasteiger partial charge in [0, 0.05) is 38.3 Å². The average molecular weight is 447 g/mol. The van der Waals surface area contributed by atoms with Gasteiger partial charge in [-0.05, 0) is 24.6 Å². The molecule has 172 valence electrons. The Kier molecular flexibility index (Phi) is 7.14. The van der Waals surface area contributed by atoms with Crippen LogP contribution in [-0.2, 0) is 6.54 Å². The van der Waals surface area contributed by atoms with Crippen molar-refractivity contribution in [2.24, 2.45) is 0 Å².